The van der Waals surface area contributed by atoms with Crippen LogP contribution in [0.15, 0.2) is 24.5 Å². The van der Waals surface area contributed by atoms with Crippen molar-refractivity contribution in [2.24, 2.45) is 5.41 Å². The molecule has 0 bridgehead atoms. The van der Waals surface area contributed by atoms with Crippen LogP contribution in [0.5, 0.6) is 0 Å². The Hall–Kier alpha value is -2.19. The zero-order chi connectivity index (χ0) is 26.2. The summed E-state index contributed by atoms with van der Waals surface area (Å²) in [6.07, 6.45) is 4.09. The Kier molecular flexibility index (Phi) is 11.0. The molecule has 0 N–H and O–H groups in total. The summed E-state index contributed by atoms with van der Waals surface area (Å²) in [5.41, 5.74) is -1.03. The maximum atomic E-state index is 13.0. The van der Waals surface area contributed by atoms with Crippen molar-refractivity contribution in [3.05, 3.63) is 24.5 Å². The van der Waals surface area contributed by atoms with Crippen LogP contribution < -0.4 is 0 Å². The van der Waals surface area contributed by atoms with Gasteiger partial charge in [0.05, 0.1) is 30.3 Å². The molecule has 1 rings (SSSR count). The number of rotatable bonds is 11. The Bertz CT molecular complexity index is 755. The van der Waals surface area contributed by atoms with Crippen LogP contribution in [0.3, 0.4) is 0 Å². The SMILES string of the molecule is C=C(C)C(=O)O/C=C/CC(CC)(CC)C(=O)OCC1CC(CC(=O)OC(C)(C)C)OC(C)(C)O1. The summed E-state index contributed by atoms with van der Waals surface area (Å²) in [5.74, 6) is -2.13. The van der Waals surface area contributed by atoms with Crippen molar-refractivity contribution >= 4 is 17.9 Å². The maximum absolute atomic E-state index is 13.0. The fourth-order valence-electron chi connectivity index (χ4n) is 3.73. The molecule has 8 heteroatoms. The van der Waals surface area contributed by atoms with Crippen LogP contribution in [0.1, 0.15) is 87.5 Å². The number of hydrogen-bond donors (Lipinski definition) is 0. The fraction of sp³-hybridized carbons (Fsp3) is 0.731. The predicted octanol–water partition coefficient (Wildman–Crippen LogP) is 5.00. The highest BCUT2D eigenvalue weighted by molar-refractivity contribution is 5.87. The number of carbonyl (C=O) groups is 3. The van der Waals surface area contributed by atoms with Gasteiger partial charge in [0.25, 0.3) is 0 Å². The van der Waals surface area contributed by atoms with Gasteiger partial charge in [-0.1, -0.05) is 20.4 Å². The quantitative estimate of drug-likeness (QED) is 0.176. The summed E-state index contributed by atoms with van der Waals surface area (Å²) >= 11 is 0. The van der Waals surface area contributed by atoms with Crippen molar-refractivity contribution in [3.63, 3.8) is 0 Å². The lowest BCUT2D eigenvalue weighted by atomic mass is 9.79. The molecular weight excluding hydrogens is 440 g/mol. The third kappa shape index (κ3) is 9.97. The van der Waals surface area contributed by atoms with Crippen LogP contribution in [0, 0.1) is 5.41 Å². The van der Waals surface area contributed by atoms with Gasteiger partial charge in [0, 0.05) is 12.0 Å². The minimum Gasteiger partial charge on any atom is -0.462 e. The number of hydrogen-bond acceptors (Lipinski definition) is 8. The molecular formula is C26H42O8. The zero-order valence-corrected chi connectivity index (χ0v) is 22.0. The first-order chi connectivity index (χ1) is 15.6. The van der Waals surface area contributed by atoms with E-state index in [2.05, 4.69) is 6.58 Å². The second-order valence-electron chi connectivity index (χ2n) is 10.3. The maximum Gasteiger partial charge on any atom is 0.337 e. The van der Waals surface area contributed by atoms with Crippen molar-refractivity contribution in [1.29, 1.82) is 0 Å². The molecule has 0 spiro atoms. The molecule has 0 aromatic carbocycles. The van der Waals surface area contributed by atoms with Gasteiger partial charge in [-0.3, -0.25) is 9.59 Å². The average molecular weight is 483 g/mol. The van der Waals surface area contributed by atoms with E-state index in [0.29, 0.717) is 31.3 Å². The highest BCUT2D eigenvalue weighted by Crippen LogP contribution is 2.34. The van der Waals surface area contributed by atoms with Gasteiger partial charge in [0.1, 0.15) is 12.2 Å². The summed E-state index contributed by atoms with van der Waals surface area (Å²) in [5, 5.41) is 0. The molecule has 0 aromatic heterocycles. The van der Waals surface area contributed by atoms with Crippen molar-refractivity contribution in [1.82, 2.24) is 0 Å². The van der Waals surface area contributed by atoms with E-state index in [9.17, 15) is 14.4 Å². The molecule has 0 aliphatic carbocycles. The third-order valence-corrected chi connectivity index (χ3v) is 5.56. The first-order valence-electron chi connectivity index (χ1n) is 11.9. The normalized spacial score (nSPS) is 20.6. The third-order valence-electron chi connectivity index (χ3n) is 5.56. The smallest absolute Gasteiger partial charge is 0.337 e. The fourth-order valence-corrected chi connectivity index (χ4v) is 3.73. The minimum absolute atomic E-state index is 0.0482. The Balaban J connectivity index is 2.74. The van der Waals surface area contributed by atoms with Crippen molar-refractivity contribution in [3.8, 4) is 0 Å². The van der Waals surface area contributed by atoms with Crippen molar-refractivity contribution in [2.45, 2.75) is 111 Å². The van der Waals surface area contributed by atoms with Crippen LogP contribution in [-0.4, -0.2) is 48.1 Å². The molecule has 2 unspecified atom stereocenters. The summed E-state index contributed by atoms with van der Waals surface area (Å²) in [7, 11) is 0. The standard InChI is InChI=1S/C26H42O8/c1-10-26(11-2,13-12-14-30-22(28)18(3)4)23(29)31-17-20-15-19(32-25(8,9)33-20)16-21(27)34-24(5,6)7/h12,14,19-20H,3,10-11,13,15-17H2,1-2,4-9H3/b14-12+. The van der Waals surface area contributed by atoms with E-state index in [1.54, 1.807) is 26.8 Å². The predicted molar refractivity (Wildman–Crippen MR) is 128 cm³/mol. The van der Waals surface area contributed by atoms with Gasteiger partial charge in [-0.25, -0.2) is 4.79 Å². The van der Waals surface area contributed by atoms with Gasteiger partial charge in [-0.15, -0.1) is 0 Å². The summed E-state index contributed by atoms with van der Waals surface area (Å²) in [6, 6.07) is 0. The second kappa shape index (κ2) is 12.5. The number of allylic oxidation sites excluding steroid dienone is 1. The van der Waals surface area contributed by atoms with Crippen molar-refractivity contribution in [2.75, 3.05) is 6.61 Å². The van der Waals surface area contributed by atoms with Crippen LogP contribution >= 0.6 is 0 Å². The number of esters is 3. The molecule has 34 heavy (non-hydrogen) atoms. The first-order valence-corrected chi connectivity index (χ1v) is 11.9. The lowest BCUT2D eigenvalue weighted by Gasteiger charge is -2.40. The van der Waals surface area contributed by atoms with E-state index < -0.39 is 35.0 Å². The Morgan fingerprint density at radius 2 is 1.68 bits per heavy atom. The van der Waals surface area contributed by atoms with Crippen LogP contribution in [-0.2, 0) is 38.1 Å². The van der Waals surface area contributed by atoms with E-state index in [-0.39, 0.29) is 25.0 Å². The zero-order valence-electron chi connectivity index (χ0n) is 22.0. The molecule has 1 aliphatic rings. The first kappa shape index (κ1) is 29.8. The van der Waals surface area contributed by atoms with Crippen molar-refractivity contribution < 1.29 is 38.1 Å². The van der Waals surface area contributed by atoms with Gasteiger partial charge in [-0.05, 0) is 66.9 Å². The molecule has 2 atom stereocenters. The molecule has 194 valence electrons. The van der Waals surface area contributed by atoms with E-state index in [1.807, 2.05) is 34.6 Å². The second-order valence-corrected chi connectivity index (χ2v) is 10.3. The molecule has 0 aromatic rings. The van der Waals surface area contributed by atoms with E-state index >= 15 is 0 Å². The molecule has 0 amide bonds. The molecule has 0 radical (unpaired) electrons. The van der Waals surface area contributed by atoms with Crippen LogP contribution in [0.25, 0.3) is 0 Å². The van der Waals surface area contributed by atoms with Gasteiger partial charge in [0.2, 0.25) is 0 Å². The molecule has 8 nitrogen and oxygen atoms in total. The molecule has 1 fully saturated rings. The van der Waals surface area contributed by atoms with Crippen LogP contribution in [0.2, 0.25) is 0 Å². The average Bonchev–Trinajstić information content (AvgIpc) is 2.69. The lowest BCUT2D eigenvalue weighted by Crippen LogP contribution is -2.47. The lowest BCUT2D eigenvalue weighted by molar-refractivity contribution is -0.305. The van der Waals surface area contributed by atoms with Gasteiger partial charge in [-0.2, -0.15) is 0 Å². The van der Waals surface area contributed by atoms with E-state index in [0.717, 1.165) is 0 Å². The largest absolute Gasteiger partial charge is 0.462 e. The van der Waals surface area contributed by atoms with Gasteiger partial charge in [0.15, 0.2) is 5.79 Å². The highest BCUT2D eigenvalue weighted by Gasteiger charge is 2.40. The summed E-state index contributed by atoms with van der Waals surface area (Å²) in [4.78, 5) is 36.8. The highest BCUT2D eigenvalue weighted by atomic mass is 16.7. The number of ether oxygens (including phenoxy) is 5. The Labute approximate surface area is 204 Å². The van der Waals surface area contributed by atoms with Gasteiger partial charge < -0.3 is 23.7 Å². The molecule has 1 saturated heterocycles. The Morgan fingerprint density at radius 3 is 2.21 bits per heavy atom. The summed E-state index contributed by atoms with van der Waals surface area (Å²) in [6.45, 7) is 18.0. The molecule has 0 saturated carbocycles. The Morgan fingerprint density at radius 1 is 1.09 bits per heavy atom. The molecule has 1 aliphatic heterocycles. The van der Waals surface area contributed by atoms with Crippen LogP contribution in [0.4, 0.5) is 0 Å². The molecule has 1 heterocycles. The number of carbonyl (C=O) groups excluding carboxylic acids is 3. The summed E-state index contributed by atoms with van der Waals surface area (Å²) < 4.78 is 27.9. The van der Waals surface area contributed by atoms with E-state index in [4.69, 9.17) is 23.7 Å². The van der Waals surface area contributed by atoms with E-state index in [1.165, 1.54) is 6.26 Å². The topological polar surface area (TPSA) is 97.4 Å². The minimum atomic E-state index is -0.926. The monoisotopic (exact) mass is 482 g/mol. The van der Waals surface area contributed by atoms with Gasteiger partial charge >= 0.3 is 17.9 Å².